The highest BCUT2D eigenvalue weighted by Crippen LogP contribution is 2.48. The van der Waals surface area contributed by atoms with E-state index in [2.05, 4.69) is 54.6 Å². The lowest BCUT2D eigenvalue weighted by atomic mass is 9.95. The van der Waals surface area contributed by atoms with Gasteiger partial charge in [0.25, 0.3) is 0 Å². The van der Waals surface area contributed by atoms with Crippen LogP contribution in [0.5, 0.6) is 11.5 Å². The normalized spacial score (nSPS) is 11.6. The van der Waals surface area contributed by atoms with Gasteiger partial charge in [-0.25, -0.2) is 24.9 Å². The summed E-state index contributed by atoms with van der Waals surface area (Å²) in [5.74, 6) is 4.09. The molecule has 0 saturated carbocycles. The second kappa shape index (κ2) is 14.5. The number of hydrogen-bond donors (Lipinski definition) is 0. The number of para-hydroxylation sites is 1. The van der Waals surface area contributed by atoms with Crippen molar-refractivity contribution < 1.29 is 4.74 Å². The molecular weight excluding hydrogens is 707 g/mol. The summed E-state index contributed by atoms with van der Waals surface area (Å²) in [5, 5.41) is 0. The summed E-state index contributed by atoms with van der Waals surface area (Å²) < 4.78 is 6.32. The van der Waals surface area contributed by atoms with E-state index in [0.29, 0.717) is 23.3 Å². The molecule has 0 amide bonds. The van der Waals surface area contributed by atoms with Crippen LogP contribution in [0, 0.1) is 0 Å². The van der Waals surface area contributed by atoms with E-state index in [-0.39, 0.29) is 0 Å². The molecule has 56 heavy (non-hydrogen) atoms. The van der Waals surface area contributed by atoms with E-state index in [1.54, 1.807) is 11.8 Å². The van der Waals surface area contributed by atoms with Crippen molar-refractivity contribution in [3.05, 3.63) is 188 Å². The number of benzene rings is 7. The van der Waals surface area contributed by atoms with E-state index in [9.17, 15) is 0 Å². The highest BCUT2D eigenvalue weighted by molar-refractivity contribution is 7.99. The van der Waals surface area contributed by atoms with Crippen LogP contribution in [0.25, 0.3) is 79.2 Å². The predicted molar refractivity (Wildman–Crippen MR) is 224 cm³/mol. The third-order valence-corrected chi connectivity index (χ3v) is 10.7. The molecule has 0 atom stereocenters. The number of nitrogens with zero attached hydrogens (tertiary/aromatic N) is 5. The minimum absolute atomic E-state index is 0.558. The number of hydrogen-bond acceptors (Lipinski definition) is 7. The van der Waals surface area contributed by atoms with Crippen LogP contribution in [0.1, 0.15) is 0 Å². The molecule has 9 aromatic rings. The summed E-state index contributed by atoms with van der Waals surface area (Å²) in [6, 6.07) is 63.4. The molecule has 0 N–H and O–H groups in total. The monoisotopic (exact) mass is 737 g/mol. The van der Waals surface area contributed by atoms with Crippen molar-refractivity contribution in [2.45, 2.75) is 9.79 Å². The molecule has 1 aliphatic heterocycles. The van der Waals surface area contributed by atoms with Crippen LogP contribution in [0.4, 0.5) is 0 Å². The fourth-order valence-electron chi connectivity index (χ4n) is 6.83. The van der Waals surface area contributed by atoms with Gasteiger partial charge in [-0.3, -0.25) is 0 Å². The molecule has 0 bridgehead atoms. The Labute approximate surface area is 328 Å². The highest BCUT2D eigenvalue weighted by Gasteiger charge is 2.22. The van der Waals surface area contributed by atoms with E-state index >= 15 is 0 Å². The van der Waals surface area contributed by atoms with Gasteiger partial charge in [-0.1, -0.05) is 163 Å². The molecule has 0 fully saturated rings. The maximum absolute atomic E-state index is 6.32. The number of ether oxygens (including phenoxy) is 1. The minimum Gasteiger partial charge on any atom is -0.455 e. The third-order valence-electron chi connectivity index (χ3n) is 9.63. The Morgan fingerprint density at radius 3 is 1.41 bits per heavy atom. The standard InChI is InChI=1S/C49H31N5OS/c1-5-15-32(16-6-1)40-31-41(51-46(50-40)33-17-7-2-8-18-33)37-25-27-38(36-26-28-43-45(30-36)56-44-24-14-13-23-42(44)55-43)39(29-37)49-53-47(34-19-9-3-10-20-34)52-48(54-49)35-21-11-4-12-22-35/h1-31H. The van der Waals surface area contributed by atoms with Gasteiger partial charge in [-0.05, 0) is 47.5 Å². The summed E-state index contributed by atoms with van der Waals surface area (Å²) in [6.07, 6.45) is 0. The summed E-state index contributed by atoms with van der Waals surface area (Å²) in [6.45, 7) is 0. The van der Waals surface area contributed by atoms with Crippen LogP contribution >= 0.6 is 11.8 Å². The molecule has 6 nitrogen and oxygen atoms in total. The van der Waals surface area contributed by atoms with Gasteiger partial charge < -0.3 is 4.74 Å². The molecule has 2 aromatic heterocycles. The SMILES string of the molecule is c1ccc(-c2cc(-c3ccc(-c4ccc5c(c4)Sc4ccccc4O5)c(-c4nc(-c5ccccc5)nc(-c5ccccc5)n4)c3)nc(-c3ccccc3)n2)cc1. The Morgan fingerprint density at radius 1 is 0.304 bits per heavy atom. The maximum Gasteiger partial charge on any atom is 0.164 e. The molecule has 0 saturated heterocycles. The van der Waals surface area contributed by atoms with Crippen LogP contribution < -0.4 is 4.74 Å². The van der Waals surface area contributed by atoms with Gasteiger partial charge in [0.1, 0.15) is 11.5 Å². The smallest absolute Gasteiger partial charge is 0.164 e. The molecule has 0 radical (unpaired) electrons. The van der Waals surface area contributed by atoms with Crippen molar-refractivity contribution in [2.75, 3.05) is 0 Å². The lowest BCUT2D eigenvalue weighted by Crippen LogP contribution is -2.02. The molecule has 0 spiro atoms. The quantitative estimate of drug-likeness (QED) is 0.161. The van der Waals surface area contributed by atoms with E-state index in [1.807, 2.05) is 133 Å². The van der Waals surface area contributed by atoms with Crippen LogP contribution in [0.3, 0.4) is 0 Å². The molecule has 1 aliphatic rings. The van der Waals surface area contributed by atoms with Crippen LogP contribution in [0.15, 0.2) is 198 Å². The van der Waals surface area contributed by atoms with Gasteiger partial charge >= 0.3 is 0 Å². The van der Waals surface area contributed by atoms with Crippen molar-refractivity contribution in [3.8, 4) is 90.7 Å². The van der Waals surface area contributed by atoms with Gasteiger partial charge in [0.05, 0.1) is 21.2 Å². The third kappa shape index (κ3) is 6.61. The van der Waals surface area contributed by atoms with Crippen molar-refractivity contribution in [2.24, 2.45) is 0 Å². The zero-order valence-corrected chi connectivity index (χ0v) is 30.8. The summed E-state index contributed by atoms with van der Waals surface area (Å²) in [5.41, 5.74) is 9.14. The lowest BCUT2D eigenvalue weighted by Gasteiger charge is -2.20. The molecule has 0 aliphatic carbocycles. The number of aromatic nitrogens is 5. The Kier molecular flexibility index (Phi) is 8.67. The van der Waals surface area contributed by atoms with Crippen molar-refractivity contribution in [3.63, 3.8) is 0 Å². The van der Waals surface area contributed by atoms with E-state index in [0.717, 1.165) is 77.2 Å². The molecule has 3 heterocycles. The maximum atomic E-state index is 6.32. The zero-order chi connectivity index (χ0) is 37.3. The Balaban J connectivity index is 1.19. The Hall–Kier alpha value is -7.22. The first-order valence-electron chi connectivity index (χ1n) is 18.3. The molecule has 7 aromatic carbocycles. The van der Waals surface area contributed by atoms with Gasteiger partial charge in [-0.2, -0.15) is 0 Å². The topological polar surface area (TPSA) is 73.7 Å². The van der Waals surface area contributed by atoms with Crippen LogP contribution in [0.2, 0.25) is 0 Å². The molecular formula is C49H31N5OS. The van der Waals surface area contributed by atoms with Crippen LogP contribution in [-0.4, -0.2) is 24.9 Å². The van der Waals surface area contributed by atoms with Gasteiger partial charge in [-0.15, -0.1) is 0 Å². The lowest BCUT2D eigenvalue weighted by molar-refractivity contribution is 0.454. The van der Waals surface area contributed by atoms with Gasteiger partial charge in [0.15, 0.2) is 23.3 Å². The van der Waals surface area contributed by atoms with Crippen molar-refractivity contribution in [1.29, 1.82) is 0 Å². The first kappa shape index (κ1) is 33.4. The largest absolute Gasteiger partial charge is 0.455 e. The molecule has 0 unspecified atom stereocenters. The first-order valence-corrected chi connectivity index (χ1v) is 19.1. The second-order valence-corrected chi connectivity index (χ2v) is 14.4. The van der Waals surface area contributed by atoms with Gasteiger partial charge in [0, 0.05) is 33.4 Å². The second-order valence-electron chi connectivity index (χ2n) is 13.3. The van der Waals surface area contributed by atoms with Gasteiger partial charge in [0.2, 0.25) is 0 Å². The number of fused-ring (bicyclic) bond motifs is 2. The van der Waals surface area contributed by atoms with E-state index < -0.39 is 0 Å². The highest BCUT2D eigenvalue weighted by atomic mass is 32.2. The Bertz CT molecular complexity index is 2740. The van der Waals surface area contributed by atoms with Crippen molar-refractivity contribution in [1.82, 2.24) is 24.9 Å². The summed E-state index contributed by atoms with van der Waals surface area (Å²) in [7, 11) is 0. The van der Waals surface area contributed by atoms with E-state index in [1.165, 1.54) is 0 Å². The minimum atomic E-state index is 0.558. The van der Waals surface area contributed by atoms with Crippen molar-refractivity contribution >= 4 is 11.8 Å². The summed E-state index contributed by atoms with van der Waals surface area (Å²) in [4.78, 5) is 27.7. The zero-order valence-electron chi connectivity index (χ0n) is 30.0. The Morgan fingerprint density at radius 2 is 0.786 bits per heavy atom. The average molecular weight is 738 g/mol. The average Bonchev–Trinajstić information content (AvgIpc) is 3.29. The fourth-order valence-corrected chi connectivity index (χ4v) is 7.82. The van der Waals surface area contributed by atoms with E-state index in [4.69, 9.17) is 29.7 Å². The predicted octanol–water partition coefficient (Wildman–Crippen LogP) is 12.6. The van der Waals surface area contributed by atoms with Crippen LogP contribution in [-0.2, 0) is 0 Å². The number of rotatable bonds is 7. The first-order chi connectivity index (χ1) is 27.7. The molecule has 10 rings (SSSR count). The summed E-state index contributed by atoms with van der Waals surface area (Å²) >= 11 is 1.71. The molecule has 264 valence electrons. The molecule has 7 heteroatoms. The fraction of sp³-hybridized carbons (Fsp3) is 0.